The first-order valence-electron chi connectivity index (χ1n) is 9.41. The summed E-state index contributed by atoms with van der Waals surface area (Å²) in [6, 6.07) is 7.05. The van der Waals surface area contributed by atoms with Gasteiger partial charge in [-0.2, -0.15) is 0 Å². The summed E-state index contributed by atoms with van der Waals surface area (Å²) in [5.74, 6) is 0. The van der Waals surface area contributed by atoms with E-state index in [2.05, 4.69) is 78.6 Å². The zero-order valence-corrected chi connectivity index (χ0v) is 23.8. The average Bonchev–Trinajstić information content (AvgIpc) is 2.22. The minimum absolute atomic E-state index is 0.969. The first-order chi connectivity index (χ1) is 9.41. The predicted molar refractivity (Wildman–Crippen MR) is 124 cm³/mol. The maximum Gasteiger partial charge on any atom is 0.0411 e. The Morgan fingerprint density at radius 1 is 0.364 bits per heavy atom. The normalized spacial score (nSPS) is 23.5. The lowest BCUT2D eigenvalue weighted by Gasteiger charge is -2.61. The smallest absolute Gasteiger partial charge is 0.0411 e. The summed E-state index contributed by atoms with van der Waals surface area (Å²) in [5, 5.41) is 0. The number of hydrogen-bond acceptors (Lipinski definition) is 0. The van der Waals surface area contributed by atoms with Crippen molar-refractivity contribution in [3.8, 4) is 0 Å². The molecule has 1 saturated heterocycles. The van der Waals surface area contributed by atoms with Crippen LogP contribution in [0, 0.1) is 0 Å². The molecule has 0 radical (unpaired) electrons. The first-order valence-corrected chi connectivity index (χ1v) is 32.2. The van der Waals surface area contributed by atoms with Gasteiger partial charge < -0.3 is 0 Å². The highest BCUT2D eigenvalue weighted by Gasteiger charge is 2.62. The van der Waals surface area contributed by atoms with Gasteiger partial charge in [-0.1, -0.05) is 103 Å². The van der Waals surface area contributed by atoms with Crippen molar-refractivity contribution in [2.45, 2.75) is 103 Å². The van der Waals surface area contributed by atoms with Gasteiger partial charge >= 0.3 is 0 Å². The minimum Gasteiger partial charge on any atom is -0.0717 e. The van der Waals surface area contributed by atoms with Crippen molar-refractivity contribution >= 4 is 44.6 Å². The summed E-state index contributed by atoms with van der Waals surface area (Å²) < 4.78 is 0. The molecule has 0 amide bonds. The molecular weight excluding hydrogens is 361 g/mol. The van der Waals surface area contributed by atoms with Crippen molar-refractivity contribution in [3.63, 3.8) is 0 Å². The number of hydrogen-bond donors (Lipinski definition) is 0. The van der Waals surface area contributed by atoms with E-state index in [1.807, 2.05) is 0 Å². The van der Waals surface area contributed by atoms with Crippen molar-refractivity contribution in [2.24, 2.45) is 0 Å². The molecule has 1 fully saturated rings. The third-order valence-electron chi connectivity index (χ3n) is 7.70. The fourth-order valence-electron chi connectivity index (χ4n) is 6.35. The monoisotopic (exact) mass is 404 g/mol. The van der Waals surface area contributed by atoms with E-state index >= 15 is 0 Å². The maximum atomic E-state index is 2.75. The van der Waals surface area contributed by atoms with Crippen molar-refractivity contribution in [1.29, 1.82) is 0 Å². The fourth-order valence-corrected chi connectivity index (χ4v) is 105. The molecule has 0 aromatic rings. The van der Waals surface area contributed by atoms with Crippen LogP contribution in [0.4, 0.5) is 0 Å². The van der Waals surface area contributed by atoms with Gasteiger partial charge in [-0.15, -0.1) is 0 Å². The van der Waals surface area contributed by atoms with Gasteiger partial charge in [0, 0.05) is 44.6 Å². The van der Waals surface area contributed by atoms with Crippen LogP contribution >= 0.6 is 0 Å². The third-order valence-corrected chi connectivity index (χ3v) is 92.1. The molecule has 0 nitrogen and oxygen atoms in total. The summed E-state index contributed by atoms with van der Waals surface area (Å²) in [6.07, 6.45) is 0. The largest absolute Gasteiger partial charge is 0.0717 e. The molecule has 0 aliphatic carbocycles. The molecule has 0 saturated carbocycles. The summed E-state index contributed by atoms with van der Waals surface area (Å²) in [4.78, 5) is 0. The topological polar surface area (TPSA) is 0 Å². The van der Waals surface area contributed by atoms with Crippen LogP contribution < -0.4 is 0 Å². The molecular formula is C16H44Si6. The highest BCUT2D eigenvalue weighted by atomic mass is 29.7. The zero-order valence-electron chi connectivity index (χ0n) is 17.8. The molecule has 0 atom stereocenters. The van der Waals surface area contributed by atoms with E-state index in [1.54, 1.807) is 24.2 Å². The third kappa shape index (κ3) is 3.34. The van der Waals surface area contributed by atoms with Gasteiger partial charge in [0.15, 0.2) is 0 Å². The highest BCUT2D eigenvalue weighted by molar-refractivity contribution is 7.73. The zero-order chi connectivity index (χ0) is 17.8. The van der Waals surface area contributed by atoms with E-state index in [1.165, 1.54) is 0 Å². The fraction of sp³-hybridized carbons (Fsp3) is 1.00. The summed E-state index contributed by atoms with van der Waals surface area (Å²) in [6.45, 7) is 32.9. The van der Waals surface area contributed by atoms with E-state index < -0.39 is 44.6 Å². The molecule has 132 valence electrons. The predicted octanol–water partition coefficient (Wildman–Crippen LogP) is 6.56. The quantitative estimate of drug-likeness (QED) is 0.465. The van der Waals surface area contributed by atoms with Crippen LogP contribution in [-0.2, 0) is 0 Å². The second kappa shape index (κ2) is 5.93. The first kappa shape index (κ1) is 21.3. The van der Waals surface area contributed by atoms with Gasteiger partial charge in [0.05, 0.1) is 0 Å². The Hall–Kier alpha value is 1.30. The van der Waals surface area contributed by atoms with E-state index in [4.69, 9.17) is 0 Å². The Kier molecular flexibility index (Phi) is 5.76. The van der Waals surface area contributed by atoms with Crippen LogP contribution in [0.25, 0.3) is 0 Å². The lowest BCUT2D eigenvalue weighted by Crippen LogP contribution is -2.79. The molecule has 0 aromatic heterocycles. The van der Waals surface area contributed by atoms with Gasteiger partial charge in [0.1, 0.15) is 0 Å². The van der Waals surface area contributed by atoms with Gasteiger partial charge in [0.2, 0.25) is 0 Å². The van der Waals surface area contributed by atoms with Gasteiger partial charge in [-0.05, 0) is 0 Å². The molecule has 1 rings (SSSR count). The van der Waals surface area contributed by atoms with Crippen LogP contribution in [0.3, 0.4) is 0 Å². The molecule has 6 heteroatoms. The average molecular weight is 405 g/mol. The Bertz CT molecular complexity index is 322. The molecule has 1 aliphatic rings. The second-order valence-electron chi connectivity index (χ2n) is 12.2. The van der Waals surface area contributed by atoms with Gasteiger partial charge in [0.25, 0.3) is 0 Å². The van der Waals surface area contributed by atoms with Gasteiger partial charge in [-0.3, -0.25) is 0 Å². The van der Waals surface area contributed by atoms with Crippen molar-refractivity contribution in [1.82, 2.24) is 0 Å². The van der Waals surface area contributed by atoms with E-state index in [-0.39, 0.29) is 0 Å². The standard InChI is InChI=1S/C16H44Si6/c1-17(2,3)21(18(4,5)6)13-15-22(16-14-21,19(7,8)9)20(10,11)12/h13-16H2,1-12H3. The molecule has 0 aromatic carbocycles. The summed E-state index contributed by atoms with van der Waals surface area (Å²) >= 11 is 0. The molecule has 0 unspecified atom stereocenters. The summed E-state index contributed by atoms with van der Waals surface area (Å²) in [7, 11) is -5.83. The van der Waals surface area contributed by atoms with Crippen LogP contribution in [0.5, 0.6) is 0 Å². The molecule has 0 N–H and O–H groups in total. The van der Waals surface area contributed by atoms with Crippen LogP contribution in [-0.4, -0.2) is 44.6 Å². The molecule has 0 spiro atoms. The molecule has 22 heavy (non-hydrogen) atoms. The Morgan fingerprint density at radius 2 is 0.500 bits per heavy atom. The Morgan fingerprint density at radius 3 is 0.591 bits per heavy atom. The lowest BCUT2D eigenvalue weighted by molar-refractivity contribution is 1.17. The van der Waals surface area contributed by atoms with Crippen LogP contribution in [0.1, 0.15) is 0 Å². The molecule has 0 bridgehead atoms. The van der Waals surface area contributed by atoms with E-state index in [0.29, 0.717) is 0 Å². The Labute approximate surface area is 147 Å². The van der Waals surface area contributed by atoms with Crippen LogP contribution in [0.15, 0.2) is 0 Å². The SMILES string of the molecule is C[Si](C)(C)[Si]1([Si](C)(C)C)CC[Si]([Si](C)(C)C)([Si](C)(C)C)CC1. The molecule has 1 aliphatic heterocycles. The van der Waals surface area contributed by atoms with Crippen LogP contribution in [0.2, 0.25) is 103 Å². The van der Waals surface area contributed by atoms with E-state index in [9.17, 15) is 0 Å². The lowest BCUT2D eigenvalue weighted by atomic mass is 10.9. The highest BCUT2D eigenvalue weighted by Crippen LogP contribution is 2.50. The number of rotatable bonds is 4. The second-order valence-corrected chi connectivity index (χ2v) is 69.0. The minimum atomic E-state index is -0.975. The van der Waals surface area contributed by atoms with E-state index in [0.717, 1.165) is 0 Å². The van der Waals surface area contributed by atoms with Crippen molar-refractivity contribution in [2.75, 3.05) is 0 Å². The maximum absolute atomic E-state index is 2.75. The van der Waals surface area contributed by atoms with Gasteiger partial charge in [-0.25, -0.2) is 0 Å². The van der Waals surface area contributed by atoms with Crippen molar-refractivity contribution in [3.05, 3.63) is 0 Å². The Balaban J connectivity index is 3.30. The summed E-state index contributed by atoms with van der Waals surface area (Å²) in [5.41, 5.74) is 0. The van der Waals surface area contributed by atoms with Crippen molar-refractivity contribution < 1.29 is 0 Å². The molecule has 1 heterocycles.